The molecule has 4 rings (SSSR count). The maximum absolute atomic E-state index is 13.0. The molecule has 1 N–H and O–H groups in total. The van der Waals surface area contributed by atoms with Gasteiger partial charge in [0.05, 0.1) is 10.3 Å². The van der Waals surface area contributed by atoms with Gasteiger partial charge in [0.2, 0.25) is 0 Å². The van der Waals surface area contributed by atoms with E-state index in [1.807, 2.05) is 0 Å². The number of likely N-dealkylation sites (tertiary alicyclic amines) is 1. The lowest BCUT2D eigenvalue weighted by Crippen LogP contribution is -2.28. The van der Waals surface area contributed by atoms with Gasteiger partial charge in [-0.15, -0.1) is 0 Å². The number of anilines is 1. The zero-order valence-electron chi connectivity index (χ0n) is 14.2. The summed E-state index contributed by atoms with van der Waals surface area (Å²) in [5.74, 6) is -0.735. The summed E-state index contributed by atoms with van der Waals surface area (Å²) in [6.07, 6.45) is 1.87. The number of aromatic nitrogens is 1. The standard InChI is InChI=1S/C18H16FN3O4S/c19-12-3-5-13(6-4-12)21-27(24,25)14-7-8-16-15(11-14)17(20-26-16)18(23)22-9-1-2-10-22/h3-8,11,21H,1-2,9-10H2. The summed E-state index contributed by atoms with van der Waals surface area (Å²) < 4.78 is 45.8. The summed E-state index contributed by atoms with van der Waals surface area (Å²) in [6, 6.07) is 9.16. The van der Waals surface area contributed by atoms with Gasteiger partial charge >= 0.3 is 0 Å². The molecule has 7 nitrogen and oxygen atoms in total. The third kappa shape index (κ3) is 3.37. The smallest absolute Gasteiger partial charge is 0.276 e. The highest BCUT2D eigenvalue weighted by molar-refractivity contribution is 7.92. The van der Waals surface area contributed by atoms with Crippen molar-refractivity contribution in [1.29, 1.82) is 0 Å². The van der Waals surface area contributed by atoms with E-state index in [4.69, 9.17) is 4.52 Å². The number of hydrogen-bond acceptors (Lipinski definition) is 5. The second-order valence-corrected chi connectivity index (χ2v) is 7.98. The molecule has 0 bridgehead atoms. The third-order valence-electron chi connectivity index (χ3n) is 4.44. The highest BCUT2D eigenvalue weighted by atomic mass is 32.2. The summed E-state index contributed by atoms with van der Waals surface area (Å²) in [6.45, 7) is 1.30. The number of carbonyl (C=O) groups is 1. The molecule has 1 aliphatic rings. The van der Waals surface area contributed by atoms with Crippen molar-refractivity contribution >= 4 is 32.6 Å². The van der Waals surface area contributed by atoms with Gasteiger partial charge in [0.25, 0.3) is 15.9 Å². The van der Waals surface area contributed by atoms with Crippen LogP contribution in [0.4, 0.5) is 10.1 Å². The first-order valence-electron chi connectivity index (χ1n) is 8.41. The Balaban J connectivity index is 1.68. The molecule has 140 valence electrons. The van der Waals surface area contributed by atoms with Crippen molar-refractivity contribution in [2.75, 3.05) is 17.8 Å². The van der Waals surface area contributed by atoms with Crippen LogP contribution >= 0.6 is 0 Å². The minimum atomic E-state index is -3.92. The maximum Gasteiger partial charge on any atom is 0.276 e. The largest absolute Gasteiger partial charge is 0.355 e. The van der Waals surface area contributed by atoms with Crippen LogP contribution in [0.5, 0.6) is 0 Å². The average Bonchev–Trinajstić information content (AvgIpc) is 3.32. The van der Waals surface area contributed by atoms with Gasteiger partial charge in [-0.2, -0.15) is 0 Å². The van der Waals surface area contributed by atoms with Crippen LogP contribution in [0.1, 0.15) is 23.3 Å². The van der Waals surface area contributed by atoms with Crippen LogP contribution in [0, 0.1) is 5.82 Å². The highest BCUT2D eigenvalue weighted by Gasteiger charge is 2.26. The minimum absolute atomic E-state index is 0.0435. The molecular weight excluding hydrogens is 373 g/mol. The molecule has 2 heterocycles. The molecular formula is C18H16FN3O4S. The topological polar surface area (TPSA) is 92.5 Å². The van der Waals surface area contributed by atoms with Crippen LogP contribution in [0.3, 0.4) is 0 Å². The predicted molar refractivity (Wildman–Crippen MR) is 96.4 cm³/mol. The molecule has 1 aliphatic heterocycles. The highest BCUT2D eigenvalue weighted by Crippen LogP contribution is 2.26. The Morgan fingerprint density at radius 2 is 1.81 bits per heavy atom. The molecule has 1 fully saturated rings. The van der Waals surface area contributed by atoms with E-state index in [0.717, 1.165) is 25.0 Å². The van der Waals surface area contributed by atoms with E-state index < -0.39 is 15.8 Å². The second-order valence-electron chi connectivity index (χ2n) is 6.30. The molecule has 1 saturated heterocycles. The lowest BCUT2D eigenvalue weighted by atomic mass is 10.2. The number of hydrogen-bond donors (Lipinski definition) is 1. The minimum Gasteiger partial charge on any atom is -0.355 e. The van der Waals surface area contributed by atoms with Gasteiger partial charge in [0.15, 0.2) is 11.3 Å². The monoisotopic (exact) mass is 389 g/mol. The summed E-state index contributed by atoms with van der Waals surface area (Å²) in [4.78, 5) is 14.2. The number of rotatable bonds is 4. The number of amides is 1. The van der Waals surface area contributed by atoms with Crippen molar-refractivity contribution in [3.8, 4) is 0 Å². The van der Waals surface area contributed by atoms with E-state index in [-0.39, 0.29) is 22.2 Å². The molecule has 1 amide bonds. The Labute approximate surface area is 154 Å². The summed E-state index contributed by atoms with van der Waals surface area (Å²) in [5, 5.41) is 4.18. The molecule has 0 unspecified atom stereocenters. The molecule has 9 heteroatoms. The van der Waals surface area contributed by atoms with Crippen LogP contribution in [0.15, 0.2) is 51.9 Å². The number of nitrogens with zero attached hydrogens (tertiary/aromatic N) is 2. The van der Waals surface area contributed by atoms with E-state index in [0.29, 0.717) is 24.1 Å². The molecule has 27 heavy (non-hydrogen) atoms. The van der Waals surface area contributed by atoms with Crippen LogP contribution in [0.25, 0.3) is 11.0 Å². The molecule has 0 atom stereocenters. The molecule has 0 spiro atoms. The zero-order valence-corrected chi connectivity index (χ0v) is 15.0. The lowest BCUT2D eigenvalue weighted by molar-refractivity contribution is 0.0784. The third-order valence-corrected chi connectivity index (χ3v) is 5.82. The Morgan fingerprint density at radius 1 is 1.11 bits per heavy atom. The van der Waals surface area contributed by atoms with E-state index in [1.54, 1.807) is 4.90 Å². The van der Waals surface area contributed by atoms with Crippen molar-refractivity contribution in [2.24, 2.45) is 0 Å². The number of benzene rings is 2. The van der Waals surface area contributed by atoms with Crippen LogP contribution in [-0.4, -0.2) is 37.5 Å². The predicted octanol–water partition coefficient (Wildman–Crippen LogP) is 3.00. The number of carbonyl (C=O) groups excluding carboxylic acids is 1. The van der Waals surface area contributed by atoms with Crippen molar-refractivity contribution in [2.45, 2.75) is 17.7 Å². The first kappa shape index (κ1) is 17.5. The van der Waals surface area contributed by atoms with Crippen LogP contribution in [0.2, 0.25) is 0 Å². The van der Waals surface area contributed by atoms with Gasteiger partial charge in [-0.05, 0) is 55.3 Å². The number of nitrogens with one attached hydrogen (secondary N) is 1. The molecule has 2 aromatic carbocycles. The Morgan fingerprint density at radius 3 is 2.52 bits per heavy atom. The van der Waals surface area contributed by atoms with Crippen molar-refractivity contribution in [3.05, 3.63) is 54.0 Å². The van der Waals surface area contributed by atoms with Crippen LogP contribution in [-0.2, 0) is 10.0 Å². The number of halogens is 1. The van der Waals surface area contributed by atoms with E-state index >= 15 is 0 Å². The first-order chi connectivity index (χ1) is 12.9. The van der Waals surface area contributed by atoms with Gasteiger partial charge in [0, 0.05) is 18.8 Å². The fourth-order valence-corrected chi connectivity index (χ4v) is 4.13. The average molecular weight is 389 g/mol. The molecule has 3 aromatic rings. The summed E-state index contributed by atoms with van der Waals surface area (Å²) >= 11 is 0. The van der Waals surface area contributed by atoms with Crippen molar-refractivity contribution < 1.29 is 22.1 Å². The Kier molecular flexibility index (Phi) is 4.31. The molecule has 0 radical (unpaired) electrons. The second kappa shape index (κ2) is 6.66. The van der Waals surface area contributed by atoms with E-state index in [9.17, 15) is 17.6 Å². The number of fused-ring (bicyclic) bond motifs is 1. The van der Waals surface area contributed by atoms with Gasteiger partial charge in [-0.3, -0.25) is 9.52 Å². The van der Waals surface area contributed by atoms with Gasteiger partial charge in [-0.25, -0.2) is 12.8 Å². The molecule has 0 aliphatic carbocycles. The lowest BCUT2D eigenvalue weighted by Gasteiger charge is -2.13. The fraction of sp³-hybridized carbons (Fsp3) is 0.222. The quantitative estimate of drug-likeness (QED) is 0.740. The number of sulfonamides is 1. The Bertz CT molecular complexity index is 1100. The Hall–Kier alpha value is -2.94. The van der Waals surface area contributed by atoms with Gasteiger partial charge < -0.3 is 9.42 Å². The molecule has 0 saturated carbocycles. The van der Waals surface area contributed by atoms with Crippen LogP contribution < -0.4 is 4.72 Å². The van der Waals surface area contributed by atoms with Crippen molar-refractivity contribution in [3.63, 3.8) is 0 Å². The van der Waals surface area contributed by atoms with E-state index in [2.05, 4.69) is 9.88 Å². The maximum atomic E-state index is 13.0. The van der Waals surface area contributed by atoms with Gasteiger partial charge in [0.1, 0.15) is 5.82 Å². The zero-order chi connectivity index (χ0) is 19.0. The van der Waals surface area contributed by atoms with Gasteiger partial charge in [-0.1, -0.05) is 5.16 Å². The van der Waals surface area contributed by atoms with Crippen molar-refractivity contribution in [1.82, 2.24) is 10.1 Å². The normalized spacial score (nSPS) is 14.6. The first-order valence-corrected chi connectivity index (χ1v) is 9.89. The van der Waals surface area contributed by atoms with E-state index in [1.165, 1.54) is 30.3 Å². The summed E-state index contributed by atoms with van der Waals surface area (Å²) in [7, 11) is -3.92. The fourth-order valence-electron chi connectivity index (χ4n) is 3.04. The summed E-state index contributed by atoms with van der Waals surface area (Å²) in [5.41, 5.74) is 0.666. The molecule has 1 aromatic heterocycles. The SMILES string of the molecule is O=C(c1noc2ccc(S(=O)(=O)Nc3ccc(F)cc3)cc12)N1CCCC1.